The van der Waals surface area contributed by atoms with E-state index in [9.17, 15) is 9.90 Å². The summed E-state index contributed by atoms with van der Waals surface area (Å²) >= 11 is 0. The SMILES string of the molecule is COc1ccc([C@@](C)(O)[C@@H]2CCCN2C(=O)OC(C)(C)C)c(OC)c1. The molecule has 1 heterocycles. The maximum atomic E-state index is 12.5. The number of carbonyl (C=O) groups is 1. The van der Waals surface area contributed by atoms with Crippen molar-refractivity contribution in [3.8, 4) is 11.5 Å². The van der Waals surface area contributed by atoms with Crippen LogP contribution in [0.25, 0.3) is 0 Å². The maximum Gasteiger partial charge on any atom is 0.410 e. The van der Waals surface area contributed by atoms with Gasteiger partial charge in [-0.2, -0.15) is 0 Å². The Balaban J connectivity index is 2.33. The molecule has 6 heteroatoms. The summed E-state index contributed by atoms with van der Waals surface area (Å²) in [6.45, 7) is 7.78. The predicted octanol–water partition coefficient (Wildman–Crippen LogP) is 3.31. The first-order chi connectivity index (χ1) is 11.6. The van der Waals surface area contributed by atoms with Gasteiger partial charge in [-0.05, 0) is 52.7 Å². The van der Waals surface area contributed by atoms with Gasteiger partial charge in [0.2, 0.25) is 0 Å². The number of amides is 1. The zero-order valence-corrected chi connectivity index (χ0v) is 16.0. The molecule has 1 amide bonds. The van der Waals surface area contributed by atoms with Gasteiger partial charge >= 0.3 is 6.09 Å². The predicted molar refractivity (Wildman–Crippen MR) is 95.1 cm³/mol. The summed E-state index contributed by atoms with van der Waals surface area (Å²) in [5.74, 6) is 1.17. The van der Waals surface area contributed by atoms with Crippen molar-refractivity contribution in [1.82, 2.24) is 4.90 Å². The Hall–Kier alpha value is -1.95. The molecule has 0 bridgehead atoms. The number of hydrogen-bond donors (Lipinski definition) is 1. The molecule has 2 atom stereocenters. The van der Waals surface area contributed by atoms with Crippen molar-refractivity contribution >= 4 is 6.09 Å². The van der Waals surface area contributed by atoms with E-state index in [1.165, 1.54) is 0 Å². The molecule has 1 aliphatic rings. The second-order valence-corrected chi connectivity index (χ2v) is 7.55. The van der Waals surface area contributed by atoms with Crippen molar-refractivity contribution in [2.75, 3.05) is 20.8 Å². The van der Waals surface area contributed by atoms with Crippen molar-refractivity contribution in [3.05, 3.63) is 23.8 Å². The minimum absolute atomic E-state index is 0.385. The van der Waals surface area contributed by atoms with E-state index in [-0.39, 0.29) is 6.04 Å². The maximum absolute atomic E-state index is 12.5. The topological polar surface area (TPSA) is 68.2 Å². The molecule has 140 valence electrons. The van der Waals surface area contributed by atoms with Gasteiger partial charge in [-0.15, -0.1) is 0 Å². The molecule has 2 rings (SSSR count). The van der Waals surface area contributed by atoms with E-state index in [0.29, 0.717) is 30.0 Å². The summed E-state index contributed by atoms with van der Waals surface area (Å²) in [5, 5.41) is 11.3. The second-order valence-electron chi connectivity index (χ2n) is 7.55. The second kappa shape index (κ2) is 7.12. The molecule has 25 heavy (non-hydrogen) atoms. The van der Waals surface area contributed by atoms with Crippen LogP contribution < -0.4 is 9.47 Å². The first-order valence-electron chi connectivity index (χ1n) is 8.54. The van der Waals surface area contributed by atoms with Crippen LogP contribution in [0.4, 0.5) is 4.79 Å². The monoisotopic (exact) mass is 351 g/mol. The molecule has 0 spiro atoms. The number of ether oxygens (including phenoxy) is 3. The first kappa shape index (κ1) is 19.4. The molecule has 0 aromatic heterocycles. The van der Waals surface area contributed by atoms with Gasteiger partial charge in [-0.1, -0.05) is 0 Å². The highest BCUT2D eigenvalue weighted by Gasteiger charge is 2.45. The third-order valence-corrected chi connectivity index (χ3v) is 4.48. The van der Waals surface area contributed by atoms with Gasteiger partial charge in [0.15, 0.2) is 0 Å². The Bertz CT molecular complexity index is 621. The van der Waals surface area contributed by atoms with E-state index in [0.717, 1.165) is 6.42 Å². The number of benzene rings is 1. The molecule has 0 unspecified atom stereocenters. The lowest BCUT2D eigenvalue weighted by Crippen LogP contribution is -2.49. The van der Waals surface area contributed by atoms with Gasteiger partial charge in [-0.3, -0.25) is 0 Å². The van der Waals surface area contributed by atoms with Gasteiger partial charge in [-0.25, -0.2) is 4.79 Å². The zero-order chi connectivity index (χ0) is 18.8. The number of carbonyl (C=O) groups excluding carboxylic acids is 1. The lowest BCUT2D eigenvalue weighted by atomic mass is 9.86. The lowest BCUT2D eigenvalue weighted by Gasteiger charge is -2.38. The van der Waals surface area contributed by atoms with E-state index in [1.807, 2.05) is 20.8 Å². The van der Waals surface area contributed by atoms with Crippen LogP contribution in [-0.4, -0.2) is 48.5 Å². The third-order valence-electron chi connectivity index (χ3n) is 4.48. The molecule has 0 aliphatic carbocycles. The van der Waals surface area contributed by atoms with Gasteiger partial charge < -0.3 is 24.2 Å². The molecule has 1 aromatic carbocycles. The van der Waals surface area contributed by atoms with Crippen molar-refractivity contribution < 1.29 is 24.1 Å². The number of aliphatic hydroxyl groups is 1. The normalized spacial score (nSPS) is 20.1. The van der Waals surface area contributed by atoms with Crippen molar-refractivity contribution in [2.24, 2.45) is 0 Å². The summed E-state index contributed by atoms with van der Waals surface area (Å²) < 4.78 is 16.2. The quantitative estimate of drug-likeness (QED) is 0.901. The smallest absolute Gasteiger partial charge is 0.410 e. The summed E-state index contributed by atoms with van der Waals surface area (Å²) in [5.41, 5.74) is -1.23. The fourth-order valence-corrected chi connectivity index (χ4v) is 3.29. The lowest BCUT2D eigenvalue weighted by molar-refractivity contribution is -0.0380. The fraction of sp³-hybridized carbons (Fsp3) is 0.632. The summed E-state index contributed by atoms with van der Waals surface area (Å²) in [6.07, 6.45) is 1.11. The Morgan fingerprint density at radius 2 is 1.88 bits per heavy atom. The highest BCUT2D eigenvalue weighted by Crippen LogP contribution is 2.40. The molecule has 0 radical (unpaired) electrons. The van der Waals surface area contributed by atoms with Crippen molar-refractivity contribution in [3.63, 3.8) is 0 Å². The average molecular weight is 351 g/mol. The van der Waals surface area contributed by atoms with E-state index in [2.05, 4.69) is 0 Å². The van der Waals surface area contributed by atoms with Crippen LogP contribution in [-0.2, 0) is 10.3 Å². The molecule has 1 N–H and O–H groups in total. The van der Waals surface area contributed by atoms with E-state index in [1.54, 1.807) is 44.2 Å². The standard InChI is InChI=1S/C19H29NO5/c1-18(2,3)25-17(21)20-11-7-8-16(20)19(4,22)14-10-9-13(23-5)12-15(14)24-6/h9-10,12,16,22H,7-8,11H2,1-6H3/t16-,19+/m0/s1. The van der Waals surface area contributed by atoms with Gasteiger partial charge in [0.25, 0.3) is 0 Å². The summed E-state index contributed by atoms with van der Waals surface area (Å²) in [7, 11) is 3.13. The minimum Gasteiger partial charge on any atom is -0.497 e. The van der Waals surface area contributed by atoms with Gasteiger partial charge in [0, 0.05) is 18.2 Å². The minimum atomic E-state index is -1.27. The van der Waals surface area contributed by atoms with Crippen LogP contribution in [0.2, 0.25) is 0 Å². The van der Waals surface area contributed by atoms with E-state index >= 15 is 0 Å². The van der Waals surface area contributed by atoms with Crippen LogP contribution in [0.5, 0.6) is 11.5 Å². The Morgan fingerprint density at radius 1 is 1.20 bits per heavy atom. The highest BCUT2D eigenvalue weighted by atomic mass is 16.6. The van der Waals surface area contributed by atoms with Crippen LogP contribution in [0.15, 0.2) is 18.2 Å². The molecular weight excluding hydrogens is 322 g/mol. The van der Waals surface area contributed by atoms with Crippen LogP contribution in [0.3, 0.4) is 0 Å². The van der Waals surface area contributed by atoms with Gasteiger partial charge in [0.05, 0.1) is 20.3 Å². The third kappa shape index (κ3) is 4.18. The Kier molecular flexibility index (Phi) is 5.52. The molecule has 1 aliphatic heterocycles. The number of nitrogens with zero attached hydrogens (tertiary/aromatic N) is 1. The van der Waals surface area contributed by atoms with Crippen LogP contribution >= 0.6 is 0 Å². The van der Waals surface area contributed by atoms with E-state index < -0.39 is 17.3 Å². The fourth-order valence-electron chi connectivity index (χ4n) is 3.29. The average Bonchev–Trinajstić information content (AvgIpc) is 3.03. The first-order valence-corrected chi connectivity index (χ1v) is 8.54. The van der Waals surface area contributed by atoms with Crippen LogP contribution in [0.1, 0.15) is 46.1 Å². The number of likely N-dealkylation sites (tertiary alicyclic amines) is 1. The molecular formula is C19H29NO5. The van der Waals surface area contributed by atoms with Crippen molar-refractivity contribution in [2.45, 2.75) is 57.8 Å². The molecule has 0 saturated carbocycles. The molecule has 6 nitrogen and oxygen atoms in total. The molecule has 1 aromatic rings. The number of rotatable bonds is 4. The molecule has 1 fully saturated rings. The number of hydrogen-bond acceptors (Lipinski definition) is 5. The summed E-state index contributed by atoms with van der Waals surface area (Å²) in [4.78, 5) is 14.2. The van der Waals surface area contributed by atoms with Crippen molar-refractivity contribution in [1.29, 1.82) is 0 Å². The zero-order valence-electron chi connectivity index (χ0n) is 16.0. The largest absolute Gasteiger partial charge is 0.497 e. The van der Waals surface area contributed by atoms with Gasteiger partial charge in [0.1, 0.15) is 22.7 Å². The molecule has 1 saturated heterocycles. The van der Waals surface area contributed by atoms with E-state index in [4.69, 9.17) is 14.2 Å². The Labute approximate surface area is 149 Å². The number of methoxy groups -OCH3 is 2. The highest BCUT2D eigenvalue weighted by molar-refractivity contribution is 5.69. The Morgan fingerprint density at radius 3 is 2.44 bits per heavy atom. The van der Waals surface area contributed by atoms with Crippen LogP contribution in [0, 0.1) is 0 Å². The summed E-state index contributed by atoms with van der Waals surface area (Å²) in [6, 6.07) is 4.91.